The Morgan fingerprint density at radius 1 is 1.18 bits per heavy atom. The fraction of sp³-hybridized carbons (Fsp3) is 0.190. The van der Waals surface area contributed by atoms with Crippen molar-refractivity contribution in [3.63, 3.8) is 0 Å². The maximum Gasteiger partial charge on any atom is 0.363 e. The van der Waals surface area contributed by atoms with E-state index in [-0.39, 0.29) is 23.5 Å². The zero-order valence-corrected chi connectivity index (χ0v) is 17.1. The highest BCUT2D eigenvalue weighted by Crippen LogP contribution is 2.30. The molecule has 0 fully saturated rings. The second-order valence-electron chi connectivity index (χ2n) is 6.30. The molecule has 3 rings (SSSR count). The Bertz CT molecular complexity index is 994. The molecule has 7 heteroatoms. The average molecular weight is 444 g/mol. The predicted molar refractivity (Wildman–Crippen MR) is 108 cm³/mol. The Labute approximate surface area is 171 Å². The molecule has 1 aliphatic rings. The number of rotatable bonds is 5. The lowest BCUT2D eigenvalue weighted by Gasteiger charge is -2.11. The lowest BCUT2D eigenvalue weighted by atomic mass is 10.1. The molecule has 0 unspecified atom stereocenters. The molecule has 0 aliphatic carbocycles. The van der Waals surface area contributed by atoms with Crippen LogP contribution in [0.15, 0.2) is 57.6 Å². The molecule has 28 heavy (non-hydrogen) atoms. The van der Waals surface area contributed by atoms with Crippen LogP contribution in [0.3, 0.4) is 0 Å². The van der Waals surface area contributed by atoms with Crippen LogP contribution in [0.25, 0.3) is 6.08 Å². The first-order valence-electron chi connectivity index (χ1n) is 8.56. The van der Waals surface area contributed by atoms with Crippen molar-refractivity contribution in [1.82, 2.24) is 0 Å². The molecule has 0 N–H and O–H groups in total. The van der Waals surface area contributed by atoms with Crippen molar-refractivity contribution in [3.8, 4) is 11.5 Å². The van der Waals surface area contributed by atoms with Gasteiger partial charge in [0, 0.05) is 4.47 Å². The number of hydrogen-bond acceptors (Lipinski definition) is 6. The first-order valence-corrected chi connectivity index (χ1v) is 9.35. The number of ether oxygens (including phenoxy) is 3. The number of esters is 2. The van der Waals surface area contributed by atoms with E-state index in [1.807, 2.05) is 18.2 Å². The second kappa shape index (κ2) is 8.39. The van der Waals surface area contributed by atoms with Crippen LogP contribution >= 0.6 is 15.9 Å². The summed E-state index contributed by atoms with van der Waals surface area (Å²) in [4.78, 5) is 28.3. The zero-order chi connectivity index (χ0) is 20.3. The first kappa shape index (κ1) is 19.8. The summed E-state index contributed by atoms with van der Waals surface area (Å²) in [6.07, 6.45) is 1.59. The van der Waals surface area contributed by atoms with Crippen molar-refractivity contribution in [1.29, 1.82) is 0 Å². The van der Waals surface area contributed by atoms with Gasteiger partial charge in [0.25, 0.3) is 0 Å². The maximum atomic E-state index is 12.2. The van der Waals surface area contributed by atoms with Crippen molar-refractivity contribution in [2.24, 2.45) is 10.9 Å². The number of benzene rings is 2. The van der Waals surface area contributed by atoms with Crippen molar-refractivity contribution in [2.75, 3.05) is 7.11 Å². The summed E-state index contributed by atoms with van der Waals surface area (Å²) in [5, 5.41) is 0. The van der Waals surface area contributed by atoms with E-state index in [1.165, 1.54) is 7.11 Å². The Morgan fingerprint density at radius 3 is 2.61 bits per heavy atom. The quantitative estimate of drug-likeness (QED) is 0.389. The van der Waals surface area contributed by atoms with Crippen LogP contribution in [0.2, 0.25) is 0 Å². The van der Waals surface area contributed by atoms with Crippen molar-refractivity contribution >= 4 is 39.8 Å². The molecule has 1 aliphatic heterocycles. The summed E-state index contributed by atoms with van der Waals surface area (Å²) in [6.45, 7) is 3.50. The standard InChI is InChI=1S/C21H18BrNO5/c1-12(2)20(24)27-17-9-8-13(11-18(17)26-3)10-16-21(25)28-19(23-16)14-6-4-5-7-15(14)22/h4-12H,1-3H3/b16-10-. The Kier molecular flexibility index (Phi) is 5.94. The van der Waals surface area contributed by atoms with E-state index in [4.69, 9.17) is 14.2 Å². The molecule has 0 bridgehead atoms. The number of carbonyl (C=O) groups is 2. The van der Waals surface area contributed by atoms with Gasteiger partial charge in [-0.2, -0.15) is 0 Å². The van der Waals surface area contributed by atoms with E-state index >= 15 is 0 Å². The van der Waals surface area contributed by atoms with Crippen LogP contribution in [0.4, 0.5) is 0 Å². The van der Waals surface area contributed by atoms with Gasteiger partial charge in [-0.05, 0) is 51.8 Å². The summed E-state index contributed by atoms with van der Waals surface area (Å²) in [7, 11) is 1.48. The lowest BCUT2D eigenvalue weighted by molar-refractivity contribution is -0.137. The van der Waals surface area contributed by atoms with Gasteiger partial charge < -0.3 is 14.2 Å². The number of hydrogen-bond donors (Lipinski definition) is 0. The van der Waals surface area contributed by atoms with E-state index in [0.29, 0.717) is 22.6 Å². The number of methoxy groups -OCH3 is 1. The molecule has 0 atom stereocenters. The summed E-state index contributed by atoms with van der Waals surface area (Å²) in [5.41, 5.74) is 1.51. The van der Waals surface area contributed by atoms with E-state index < -0.39 is 5.97 Å². The highest BCUT2D eigenvalue weighted by Gasteiger charge is 2.25. The Hall–Kier alpha value is -2.93. The third-order valence-corrected chi connectivity index (χ3v) is 4.59. The third-order valence-electron chi connectivity index (χ3n) is 3.90. The van der Waals surface area contributed by atoms with E-state index in [0.717, 1.165) is 4.47 Å². The first-order chi connectivity index (χ1) is 13.4. The molecule has 0 amide bonds. The van der Waals surface area contributed by atoms with E-state index in [9.17, 15) is 9.59 Å². The van der Waals surface area contributed by atoms with Crippen molar-refractivity contribution < 1.29 is 23.8 Å². The summed E-state index contributed by atoms with van der Waals surface area (Å²) >= 11 is 3.42. The Balaban J connectivity index is 1.89. The number of cyclic esters (lactones) is 1. The van der Waals surface area contributed by atoms with Gasteiger partial charge in [-0.1, -0.05) is 32.0 Å². The second-order valence-corrected chi connectivity index (χ2v) is 7.16. The highest BCUT2D eigenvalue weighted by molar-refractivity contribution is 9.10. The number of nitrogens with zero attached hydrogens (tertiary/aromatic N) is 1. The maximum absolute atomic E-state index is 12.2. The molecule has 0 aromatic heterocycles. The molecule has 144 valence electrons. The Morgan fingerprint density at radius 2 is 1.93 bits per heavy atom. The van der Waals surface area contributed by atoms with Crippen molar-refractivity contribution in [2.45, 2.75) is 13.8 Å². The SMILES string of the molecule is COc1cc(/C=C2\N=C(c3ccccc3Br)OC2=O)ccc1OC(=O)C(C)C. The van der Waals surface area contributed by atoms with Crippen LogP contribution in [0.5, 0.6) is 11.5 Å². The smallest absolute Gasteiger partial charge is 0.363 e. The van der Waals surface area contributed by atoms with Gasteiger partial charge in [0.15, 0.2) is 17.2 Å². The molecule has 0 saturated carbocycles. The van der Waals surface area contributed by atoms with Gasteiger partial charge in [-0.25, -0.2) is 9.79 Å². The van der Waals surface area contributed by atoms with Gasteiger partial charge >= 0.3 is 11.9 Å². The minimum Gasteiger partial charge on any atom is -0.493 e. The molecule has 0 saturated heterocycles. The lowest BCUT2D eigenvalue weighted by Crippen LogP contribution is -2.15. The van der Waals surface area contributed by atoms with E-state index in [1.54, 1.807) is 44.2 Å². The average Bonchev–Trinajstić information content (AvgIpc) is 3.03. The molecule has 2 aromatic carbocycles. The molecule has 2 aromatic rings. The van der Waals surface area contributed by atoms with Crippen LogP contribution in [-0.2, 0) is 14.3 Å². The van der Waals surface area contributed by atoms with Gasteiger partial charge in [0.05, 0.1) is 18.6 Å². The highest BCUT2D eigenvalue weighted by atomic mass is 79.9. The monoisotopic (exact) mass is 443 g/mol. The third kappa shape index (κ3) is 4.31. The van der Waals surface area contributed by atoms with E-state index in [2.05, 4.69) is 20.9 Å². The number of carbonyl (C=O) groups excluding carboxylic acids is 2. The topological polar surface area (TPSA) is 74.2 Å². The molecular weight excluding hydrogens is 426 g/mol. The minimum atomic E-state index is -0.542. The van der Waals surface area contributed by atoms with Crippen LogP contribution in [0.1, 0.15) is 25.0 Å². The fourth-order valence-electron chi connectivity index (χ4n) is 2.40. The number of aliphatic imine (C=N–C) groups is 1. The fourth-order valence-corrected chi connectivity index (χ4v) is 2.86. The summed E-state index contributed by atoms with van der Waals surface area (Å²) < 4.78 is 16.7. The van der Waals surface area contributed by atoms with Crippen molar-refractivity contribution in [3.05, 3.63) is 63.8 Å². The molecule has 1 heterocycles. The van der Waals surface area contributed by atoms with Gasteiger partial charge in [0.2, 0.25) is 5.90 Å². The van der Waals surface area contributed by atoms with Gasteiger partial charge in [-0.15, -0.1) is 0 Å². The molecule has 0 radical (unpaired) electrons. The molecule has 6 nitrogen and oxygen atoms in total. The van der Waals surface area contributed by atoms with Crippen LogP contribution < -0.4 is 9.47 Å². The zero-order valence-electron chi connectivity index (χ0n) is 15.6. The van der Waals surface area contributed by atoms with Gasteiger partial charge in [-0.3, -0.25) is 4.79 Å². The normalized spacial score (nSPS) is 14.8. The predicted octanol–water partition coefficient (Wildman–Crippen LogP) is 4.36. The number of halogens is 1. The largest absolute Gasteiger partial charge is 0.493 e. The summed E-state index contributed by atoms with van der Waals surface area (Å²) in [5.74, 6) is -0.228. The van der Waals surface area contributed by atoms with Crippen LogP contribution in [-0.4, -0.2) is 24.9 Å². The summed E-state index contributed by atoms with van der Waals surface area (Å²) in [6, 6.07) is 12.3. The minimum absolute atomic E-state index is 0.166. The van der Waals surface area contributed by atoms with Crippen LogP contribution in [0, 0.1) is 5.92 Å². The van der Waals surface area contributed by atoms with Gasteiger partial charge in [0.1, 0.15) is 0 Å². The molecular formula is C21H18BrNO5. The molecule has 0 spiro atoms.